The average Bonchev–Trinajstić information content (AvgIpc) is 3.03. The fraction of sp³-hybridized carbons (Fsp3) is 0.308. The lowest BCUT2D eigenvalue weighted by Crippen LogP contribution is -2.38. The minimum Gasteiger partial charge on any atom is -0.346 e. The third kappa shape index (κ3) is 3.42. The SMILES string of the molecule is CC(Sc1nnc2sc3ccccc3n12)C(=O)NCC(F)(F)F. The molecule has 1 aromatic carbocycles. The number of carbonyl (C=O) groups is 1. The van der Waals surface area contributed by atoms with Crippen molar-refractivity contribution >= 4 is 44.2 Å². The van der Waals surface area contributed by atoms with Gasteiger partial charge in [-0.1, -0.05) is 35.2 Å². The number of rotatable bonds is 4. The van der Waals surface area contributed by atoms with Gasteiger partial charge in [-0.3, -0.25) is 9.20 Å². The predicted molar refractivity (Wildman–Crippen MR) is 82.8 cm³/mol. The molecule has 0 saturated carbocycles. The number of para-hydroxylation sites is 1. The normalized spacial score (nSPS) is 13.6. The first-order valence-electron chi connectivity index (χ1n) is 6.59. The van der Waals surface area contributed by atoms with Gasteiger partial charge in [-0.05, 0) is 19.1 Å². The lowest BCUT2D eigenvalue weighted by atomic mass is 10.3. The van der Waals surface area contributed by atoms with Crippen LogP contribution >= 0.6 is 23.1 Å². The van der Waals surface area contributed by atoms with Crippen molar-refractivity contribution in [3.05, 3.63) is 24.3 Å². The van der Waals surface area contributed by atoms with Crippen molar-refractivity contribution in [2.45, 2.75) is 23.5 Å². The molecule has 10 heteroatoms. The van der Waals surface area contributed by atoms with E-state index >= 15 is 0 Å². The fourth-order valence-corrected chi connectivity index (χ4v) is 3.88. The Balaban J connectivity index is 1.80. The molecule has 0 saturated heterocycles. The lowest BCUT2D eigenvalue weighted by Gasteiger charge is -2.12. The van der Waals surface area contributed by atoms with Gasteiger partial charge in [0.15, 0.2) is 5.16 Å². The van der Waals surface area contributed by atoms with Crippen molar-refractivity contribution < 1.29 is 18.0 Å². The molecule has 0 radical (unpaired) electrons. The summed E-state index contributed by atoms with van der Waals surface area (Å²) in [5.41, 5.74) is 0.905. The third-order valence-corrected chi connectivity index (χ3v) is 5.08. The molecule has 1 atom stereocenters. The molecule has 2 aromatic heterocycles. The van der Waals surface area contributed by atoms with Crippen LogP contribution in [0.15, 0.2) is 29.4 Å². The van der Waals surface area contributed by atoms with Gasteiger partial charge >= 0.3 is 6.18 Å². The van der Waals surface area contributed by atoms with Crippen LogP contribution in [-0.2, 0) is 4.79 Å². The largest absolute Gasteiger partial charge is 0.405 e. The van der Waals surface area contributed by atoms with E-state index in [1.54, 1.807) is 4.40 Å². The van der Waals surface area contributed by atoms with Crippen molar-refractivity contribution in [2.24, 2.45) is 0 Å². The number of hydrogen-bond donors (Lipinski definition) is 1. The quantitative estimate of drug-likeness (QED) is 0.727. The maximum absolute atomic E-state index is 12.2. The van der Waals surface area contributed by atoms with E-state index < -0.39 is 23.9 Å². The van der Waals surface area contributed by atoms with E-state index in [0.717, 1.165) is 22.0 Å². The summed E-state index contributed by atoms with van der Waals surface area (Å²) in [4.78, 5) is 12.4. The van der Waals surface area contributed by atoms with Crippen LogP contribution in [0.1, 0.15) is 6.92 Å². The zero-order valence-electron chi connectivity index (χ0n) is 11.8. The second-order valence-corrected chi connectivity index (χ2v) is 7.08. The molecule has 0 aliphatic rings. The van der Waals surface area contributed by atoms with E-state index in [4.69, 9.17) is 0 Å². The van der Waals surface area contributed by atoms with Gasteiger partial charge in [-0.25, -0.2) is 0 Å². The van der Waals surface area contributed by atoms with Crippen LogP contribution in [0, 0.1) is 0 Å². The predicted octanol–water partition coefficient (Wildman–Crippen LogP) is 3.10. The summed E-state index contributed by atoms with van der Waals surface area (Å²) in [6.07, 6.45) is -4.42. The Hall–Kier alpha value is -1.81. The summed E-state index contributed by atoms with van der Waals surface area (Å²) in [6.45, 7) is 0.194. The second kappa shape index (κ2) is 6.00. The molecule has 0 spiro atoms. The van der Waals surface area contributed by atoms with Gasteiger partial charge in [0.25, 0.3) is 0 Å². The van der Waals surface area contributed by atoms with Crippen LogP contribution in [0.25, 0.3) is 15.2 Å². The highest BCUT2D eigenvalue weighted by Crippen LogP contribution is 2.31. The second-order valence-electron chi connectivity index (χ2n) is 4.76. The first-order valence-corrected chi connectivity index (χ1v) is 8.28. The van der Waals surface area contributed by atoms with Crippen LogP contribution in [0.2, 0.25) is 0 Å². The number of thioether (sulfide) groups is 1. The number of halogens is 3. The van der Waals surface area contributed by atoms with Crippen LogP contribution in [0.4, 0.5) is 13.2 Å². The Morgan fingerprint density at radius 2 is 2.13 bits per heavy atom. The molecule has 122 valence electrons. The number of amides is 1. The molecule has 1 amide bonds. The van der Waals surface area contributed by atoms with Gasteiger partial charge in [-0.15, -0.1) is 10.2 Å². The molecule has 1 N–H and O–H groups in total. The highest BCUT2D eigenvalue weighted by molar-refractivity contribution is 8.00. The molecule has 23 heavy (non-hydrogen) atoms. The highest BCUT2D eigenvalue weighted by Gasteiger charge is 2.29. The van der Waals surface area contributed by atoms with E-state index in [2.05, 4.69) is 10.2 Å². The summed E-state index contributed by atoms with van der Waals surface area (Å²) in [5, 5.41) is 9.71. The maximum atomic E-state index is 12.2. The monoisotopic (exact) mass is 360 g/mol. The van der Waals surface area contributed by atoms with E-state index in [-0.39, 0.29) is 0 Å². The highest BCUT2D eigenvalue weighted by atomic mass is 32.2. The first kappa shape index (κ1) is 16.1. The molecular weight excluding hydrogens is 349 g/mol. The molecule has 0 aliphatic carbocycles. The van der Waals surface area contributed by atoms with E-state index in [1.165, 1.54) is 18.3 Å². The molecule has 0 bridgehead atoms. The molecule has 3 aromatic rings. The molecular formula is C13H11F3N4OS2. The molecule has 3 rings (SSSR count). The van der Waals surface area contributed by atoms with Crippen molar-refractivity contribution in [2.75, 3.05) is 6.54 Å². The van der Waals surface area contributed by atoms with Gasteiger partial charge < -0.3 is 5.32 Å². The van der Waals surface area contributed by atoms with Crippen LogP contribution in [0.3, 0.4) is 0 Å². The molecule has 0 aliphatic heterocycles. The zero-order valence-corrected chi connectivity index (χ0v) is 13.4. The van der Waals surface area contributed by atoms with Crippen molar-refractivity contribution in [3.8, 4) is 0 Å². The summed E-state index contributed by atoms with van der Waals surface area (Å²) < 4.78 is 39.3. The number of aromatic nitrogens is 3. The van der Waals surface area contributed by atoms with Gasteiger partial charge in [0, 0.05) is 0 Å². The first-order chi connectivity index (χ1) is 10.8. The molecule has 0 fully saturated rings. The summed E-state index contributed by atoms with van der Waals surface area (Å²) >= 11 is 2.53. The number of nitrogens with zero attached hydrogens (tertiary/aromatic N) is 3. The van der Waals surface area contributed by atoms with Gasteiger partial charge in [-0.2, -0.15) is 13.2 Å². The minimum absolute atomic E-state index is 0.479. The average molecular weight is 360 g/mol. The van der Waals surface area contributed by atoms with Gasteiger partial charge in [0.2, 0.25) is 10.9 Å². The van der Waals surface area contributed by atoms with Crippen LogP contribution in [-0.4, -0.2) is 38.5 Å². The zero-order chi connectivity index (χ0) is 16.6. The fourth-order valence-electron chi connectivity index (χ4n) is 1.97. The summed E-state index contributed by atoms with van der Waals surface area (Å²) in [7, 11) is 0. The number of benzene rings is 1. The summed E-state index contributed by atoms with van der Waals surface area (Å²) in [5.74, 6) is -0.691. The molecule has 1 unspecified atom stereocenters. The Morgan fingerprint density at radius 1 is 1.39 bits per heavy atom. The number of alkyl halides is 3. The Bertz CT molecular complexity index is 858. The van der Waals surface area contributed by atoms with E-state index in [1.807, 2.05) is 29.6 Å². The van der Waals surface area contributed by atoms with Crippen molar-refractivity contribution in [1.82, 2.24) is 19.9 Å². The Kier molecular flexibility index (Phi) is 4.19. The maximum Gasteiger partial charge on any atom is 0.405 e. The number of hydrogen-bond acceptors (Lipinski definition) is 5. The van der Waals surface area contributed by atoms with Crippen molar-refractivity contribution in [3.63, 3.8) is 0 Å². The van der Waals surface area contributed by atoms with Crippen LogP contribution < -0.4 is 5.32 Å². The van der Waals surface area contributed by atoms with E-state index in [9.17, 15) is 18.0 Å². The van der Waals surface area contributed by atoms with Gasteiger partial charge in [0.1, 0.15) is 6.54 Å². The van der Waals surface area contributed by atoms with Gasteiger partial charge in [0.05, 0.1) is 15.5 Å². The number of thiazole rings is 1. The third-order valence-electron chi connectivity index (χ3n) is 3.03. The number of fused-ring (bicyclic) bond motifs is 3. The number of nitrogens with one attached hydrogen (secondary N) is 1. The lowest BCUT2D eigenvalue weighted by molar-refractivity contribution is -0.137. The Labute approximate surface area is 136 Å². The Morgan fingerprint density at radius 3 is 2.87 bits per heavy atom. The van der Waals surface area contributed by atoms with Crippen LogP contribution in [0.5, 0.6) is 0 Å². The number of carbonyl (C=O) groups excluding carboxylic acids is 1. The standard InChI is InChI=1S/C13H11F3N4OS2/c1-7(10(21)17-6-13(14,15)16)22-11-18-19-12-20(11)8-4-2-3-5-9(8)23-12/h2-5,7H,6H2,1H3,(H,17,21). The smallest absolute Gasteiger partial charge is 0.346 e. The molecule has 5 nitrogen and oxygen atoms in total. The van der Waals surface area contributed by atoms with E-state index in [0.29, 0.717) is 10.1 Å². The summed E-state index contributed by atoms with van der Waals surface area (Å²) in [6, 6.07) is 7.64. The van der Waals surface area contributed by atoms with Crippen molar-refractivity contribution in [1.29, 1.82) is 0 Å². The molecule has 2 heterocycles. The topological polar surface area (TPSA) is 59.3 Å². The minimum atomic E-state index is -4.42.